The maximum Gasteiger partial charge on any atom is 0.195 e. The summed E-state index contributed by atoms with van der Waals surface area (Å²) in [7, 11) is -1.68. The molecule has 0 amide bonds. The lowest BCUT2D eigenvalue weighted by atomic mass is 9.92. The fraction of sp³-hybridized carbons (Fsp3) is 0.857. The molecule has 3 atom stereocenters. The first-order chi connectivity index (χ1) is 7.79. The standard InChI is InChI=1S/C14H26O2Si/c1-14(2,3)17(4,5)16-13-10-11-8-6-7-9-12(11)15-13/h6,8,11-13H,7,9-10H2,1-5H3/t11-,12-,13?/m0/s1. The second kappa shape index (κ2) is 4.52. The molecule has 2 nitrogen and oxygen atoms in total. The third kappa shape index (κ3) is 2.83. The SMILES string of the molecule is CC(C)(C)[Si](C)(C)OC1C[C@@H]2C=CCC[C@@H]2O1. The average molecular weight is 254 g/mol. The molecule has 2 rings (SSSR count). The van der Waals surface area contributed by atoms with Crippen LogP contribution in [0, 0.1) is 5.92 Å². The summed E-state index contributed by atoms with van der Waals surface area (Å²) < 4.78 is 12.4. The smallest absolute Gasteiger partial charge is 0.195 e. The number of allylic oxidation sites excluding steroid dienone is 1. The van der Waals surface area contributed by atoms with Crippen LogP contribution in [-0.4, -0.2) is 20.7 Å². The molecule has 0 bridgehead atoms. The lowest BCUT2D eigenvalue weighted by Gasteiger charge is -2.38. The van der Waals surface area contributed by atoms with Crippen LogP contribution in [0.1, 0.15) is 40.0 Å². The molecular weight excluding hydrogens is 228 g/mol. The van der Waals surface area contributed by atoms with Crippen molar-refractivity contribution < 1.29 is 9.16 Å². The molecule has 17 heavy (non-hydrogen) atoms. The molecule has 3 heteroatoms. The molecule has 1 unspecified atom stereocenters. The minimum Gasteiger partial charge on any atom is -0.392 e. The van der Waals surface area contributed by atoms with Crippen LogP contribution >= 0.6 is 0 Å². The van der Waals surface area contributed by atoms with E-state index in [1.807, 2.05) is 0 Å². The summed E-state index contributed by atoms with van der Waals surface area (Å²) in [5.41, 5.74) is 0. The van der Waals surface area contributed by atoms with Crippen LogP contribution in [0.3, 0.4) is 0 Å². The van der Waals surface area contributed by atoms with Crippen LogP contribution in [0.25, 0.3) is 0 Å². The number of hydrogen-bond acceptors (Lipinski definition) is 2. The molecule has 1 fully saturated rings. The Morgan fingerprint density at radius 2 is 2.00 bits per heavy atom. The van der Waals surface area contributed by atoms with E-state index in [1.54, 1.807) is 0 Å². The van der Waals surface area contributed by atoms with Crippen LogP contribution in [-0.2, 0) is 9.16 Å². The fourth-order valence-corrected chi connectivity index (χ4v) is 3.49. The van der Waals surface area contributed by atoms with Crippen molar-refractivity contribution in [2.75, 3.05) is 0 Å². The predicted octanol–water partition coefficient (Wildman–Crippen LogP) is 4.09. The summed E-state index contributed by atoms with van der Waals surface area (Å²) in [6.45, 7) is 11.4. The summed E-state index contributed by atoms with van der Waals surface area (Å²) >= 11 is 0. The summed E-state index contributed by atoms with van der Waals surface area (Å²) in [5.74, 6) is 0.596. The van der Waals surface area contributed by atoms with E-state index in [2.05, 4.69) is 46.0 Å². The molecule has 1 aliphatic carbocycles. The molecule has 0 spiro atoms. The van der Waals surface area contributed by atoms with Gasteiger partial charge in [-0.1, -0.05) is 32.9 Å². The van der Waals surface area contributed by atoms with Gasteiger partial charge in [-0.25, -0.2) is 0 Å². The van der Waals surface area contributed by atoms with Crippen LogP contribution in [0.15, 0.2) is 12.2 Å². The highest BCUT2D eigenvalue weighted by Crippen LogP contribution is 2.41. The van der Waals surface area contributed by atoms with E-state index in [4.69, 9.17) is 9.16 Å². The molecule has 1 saturated heterocycles. The Morgan fingerprint density at radius 3 is 2.59 bits per heavy atom. The minimum atomic E-state index is -1.68. The van der Waals surface area contributed by atoms with E-state index in [9.17, 15) is 0 Å². The largest absolute Gasteiger partial charge is 0.392 e. The van der Waals surface area contributed by atoms with Crippen LogP contribution in [0.2, 0.25) is 18.1 Å². The molecule has 98 valence electrons. The highest BCUT2D eigenvalue weighted by atomic mass is 28.4. The lowest BCUT2D eigenvalue weighted by Crippen LogP contribution is -2.44. The quantitative estimate of drug-likeness (QED) is 0.546. The van der Waals surface area contributed by atoms with Gasteiger partial charge in [0, 0.05) is 12.3 Å². The lowest BCUT2D eigenvalue weighted by molar-refractivity contribution is -0.0838. The van der Waals surface area contributed by atoms with Gasteiger partial charge in [0.2, 0.25) is 0 Å². The predicted molar refractivity (Wildman–Crippen MR) is 73.4 cm³/mol. The van der Waals surface area contributed by atoms with Gasteiger partial charge in [0.15, 0.2) is 8.32 Å². The first kappa shape index (κ1) is 13.3. The highest BCUT2D eigenvalue weighted by molar-refractivity contribution is 6.74. The summed E-state index contributed by atoms with van der Waals surface area (Å²) in [5, 5.41) is 0.264. The van der Waals surface area contributed by atoms with E-state index in [-0.39, 0.29) is 11.3 Å². The molecule has 0 aromatic heterocycles. The van der Waals surface area contributed by atoms with E-state index in [1.165, 1.54) is 6.42 Å². The number of rotatable bonds is 2. The van der Waals surface area contributed by atoms with Crippen LogP contribution in [0.4, 0.5) is 0 Å². The van der Waals surface area contributed by atoms with Gasteiger partial charge >= 0.3 is 0 Å². The molecule has 0 N–H and O–H groups in total. The molecule has 0 aromatic carbocycles. The van der Waals surface area contributed by atoms with Gasteiger partial charge in [-0.15, -0.1) is 0 Å². The second-order valence-corrected chi connectivity index (χ2v) is 11.6. The normalized spacial score (nSPS) is 33.8. The number of ether oxygens (including phenoxy) is 1. The van der Waals surface area contributed by atoms with Crippen molar-refractivity contribution in [1.82, 2.24) is 0 Å². The van der Waals surface area contributed by atoms with E-state index >= 15 is 0 Å². The summed E-state index contributed by atoms with van der Waals surface area (Å²) in [6.07, 6.45) is 8.44. The van der Waals surface area contributed by atoms with Crippen molar-refractivity contribution in [3.05, 3.63) is 12.2 Å². The van der Waals surface area contributed by atoms with Crippen molar-refractivity contribution in [3.8, 4) is 0 Å². The van der Waals surface area contributed by atoms with E-state index in [0.29, 0.717) is 12.0 Å². The van der Waals surface area contributed by atoms with Crippen molar-refractivity contribution in [2.45, 2.75) is 70.6 Å². The van der Waals surface area contributed by atoms with Crippen molar-refractivity contribution >= 4 is 8.32 Å². The Labute approximate surface area is 107 Å². The Morgan fingerprint density at radius 1 is 1.29 bits per heavy atom. The second-order valence-electron chi connectivity index (χ2n) is 6.89. The molecule has 1 heterocycles. The topological polar surface area (TPSA) is 18.5 Å². The third-order valence-corrected chi connectivity index (χ3v) is 8.97. The first-order valence-electron chi connectivity index (χ1n) is 6.79. The van der Waals surface area contributed by atoms with Crippen molar-refractivity contribution in [2.24, 2.45) is 5.92 Å². The van der Waals surface area contributed by atoms with E-state index < -0.39 is 8.32 Å². The Balaban J connectivity index is 1.96. The minimum absolute atomic E-state index is 0.0358. The summed E-state index contributed by atoms with van der Waals surface area (Å²) in [6, 6.07) is 0. The number of fused-ring (bicyclic) bond motifs is 1. The van der Waals surface area contributed by atoms with Crippen LogP contribution < -0.4 is 0 Å². The van der Waals surface area contributed by atoms with Gasteiger partial charge in [-0.2, -0.15) is 0 Å². The monoisotopic (exact) mass is 254 g/mol. The Kier molecular flexibility index (Phi) is 3.54. The van der Waals surface area contributed by atoms with Gasteiger partial charge in [-0.05, 0) is 31.0 Å². The van der Waals surface area contributed by atoms with Gasteiger partial charge in [-0.3, -0.25) is 0 Å². The molecule has 0 radical (unpaired) electrons. The zero-order chi connectivity index (χ0) is 12.7. The number of hydrogen-bond donors (Lipinski definition) is 0. The molecule has 0 aromatic rings. The maximum absolute atomic E-state index is 6.34. The van der Waals surface area contributed by atoms with Gasteiger partial charge in [0.1, 0.15) is 6.29 Å². The van der Waals surface area contributed by atoms with Gasteiger partial charge in [0.25, 0.3) is 0 Å². The molecule has 2 aliphatic rings. The van der Waals surface area contributed by atoms with Crippen LogP contribution in [0.5, 0.6) is 0 Å². The van der Waals surface area contributed by atoms with Gasteiger partial charge in [0.05, 0.1) is 6.10 Å². The molecule has 1 aliphatic heterocycles. The third-order valence-electron chi connectivity index (χ3n) is 4.50. The molecule has 0 saturated carbocycles. The van der Waals surface area contributed by atoms with E-state index in [0.717, 1.165) is 12.8 Å². The maximum atomic E-state index is 6.34. The Hall–Kier alpha value is -0.123. The highest BCUT2D eigenvalue weighted by Gasteiger charge is 2.43. The van der Waals surface area contributed by atoms with Gasteiger partial charge < -0.3 is 9.16 Å². The molecular formula is C14H26O2Si. The van der Waals surface area contributed by atoms with Crippen molar-refractivity contribution in [3.63, 3.8) is 0 Å². The average Bonchev–Trinajstić information content (AvgIpc) is 2.56. The zero-order valence-corrected chi connectivity index (χ0v) is 12.8. The first-order valence-corrected chi connectivity index (χ1v) is 9.70. The Bertz CT molecular complexity index is 304. The zero-order valence-electron chi connectivity index (χ0n) is 11.8. The fourth-order valence-electron chi connectivity index (χ4n) is 2.32. The summed E-state index contributed by atoms with van der Waals surface area (Å²) in [4.78, 5) is 0. The van der Waals surface area contributed by atoms with Crippen molar-refractivity contribution in [1.29, 1.82) is 0 Å².